The van der Waals surface area contributed by atoms with Gasteiger partial charge in [0.05, 0.1) is 6.61 Å². The Morgan fingerprint density at radius 2 is 1.83 bits per heavy atom. The molecule has 2 aromatic carbocycles. The van der Waals surface area contributed by atoms with Crippen LogP contribution in [0.25, 0.3) is 0 Å². The molecule has 2 amide bonds. The fraction of sp³-hybridized carbons (Fsp3) is 0.263. The molecule has 1 aliphatic heterocycles. The second kappa shape index (κ2) is 7.75. The van der Waals surface area contributed by atoms with Gasteiger partial charge in [0, 0.05) is 24.3 Å². The molecule has 124 valence electrons. The molecule has 1 fully saturated rings. The minimum Gasteiger partial charge on any atom is -0.370 e. The summed E-state index contributed by atoms with van der Waals surface area (Å²) in [4.78, 5) is 25.5. The first-order chi connectivity index (χ1) is 11.7. The Morgan fingerprint density at radius 3 is 2.54 bits per heavy atom. The zero-order valence-electron chi connectivity index (χ0n) is 13.4. The molecule has 0 radical (unpaired) electrons. The lowest BCUT2D eigenvalue weighted by Crippen LogP contribution is -2.41. The summed E-state index contributed by atoms with van der Waals surface area (Å²) < 4.78 is 5.12. The monoisotopic (exact) mass is 324 g/mol. The number of nitrogens with zero attached hydrogens (tertiary/aromatic N) is 1. The highest BCUT2D eigenvalue weighted by atomic mass is 16.5. The van der Waals surface area contributed by atoms with Crippen molar-refractivity contribution in [2.75, 3.05) is 30.0 Å². The molecule has 1 saturated heterocycles. The third kappa shape index (κ3) is 4.20. The number of hydrogen-bond acceptors (Lipinski definition) is 3. The smallest absolute Gasteiger partial charge is 0.253 e. The summed E-state index contributed by atoms with van der Waals surface area (Å²) >= 11 is 0. The minimum atomic E-state index is -0.0408. The van der Waals surface area contributed by atoms with E-state index in [1.54, 1.807) is 4.90 Å². The van der Waals surface area contributed by atoms with Crippen molar-refractivity contribution in [1.82, 2.24) is 0 Å². The van der Waals surface area contributed by atoms with Crippen LogP contribution in [-0.2, 0) is 20.7 Å². The van der Waals surface area contributed by atoms with Crippen molar-refractivity contribution in [2.45, 2.75) is 12.8 Å². The van der Waals surface area contributed by atoms with Gasteiger partial charge in [0.1, 0.15) is 6.61 Å². The van der Waals surface area contributed by atoms with Crippen LogP contribution in [0.1, 0.15) is 12.0 Å². The number of benzene rings is 2. The second-order valence-electron chi connectivity index (χ2n) is 5.68. The molecule has 0 bridgehead atoms. The third-order valence-corrected chi connectivity index (χ3v) is 3.93. The van der Waals surface area contributed by atoms with Gasteiger partial charge in [0.2, 0.25) is 5.91 Å². The van der Waals surface area contributed by atoms with Crippen molar-refractivity contribution < 1.29 is 14.3 Å². The van der Waals surface area contributed by atoms with Crippen LogP contribution in [-0.4, -0.2) is 31.6 Å². The van der Waals surface area contributed by atoms with E-state index in [2.05, 4.69) is 5.32 Å². The first-order valence-electron chi connectivity index (χ1n) is 8.04. The quantitative estimate of drug-likeness (QED) is 0.920. The zero-order valence-corrected chi connectivity index (χ0v) is 13.4. The molecule has 2 aromatic rings. The molecule has 1 N–H and O–H groups in total. The molecule has 0 aliphatic carbocycles. The maximum absolute atomic E-state index is 12.0. The van der Waals surface area contributed by atoms with Crippen LogP contribution in [0.3, 0.4) is 0 Å². The summed E-state index contributed by atoms with van der Waals surface area (Å²) in [5, 5.41) is 2.89. The normalized spacial score (nSPS) is 14.5. The second-order valence-corrected chi connectivity index (χ2v) is 5.68. The number of nitrogens with one attached hydrogen (secondary N) is 1. The lowest BCUT2D eigenvalue weighted by atomic mass is 10.1. The molecule has 1 heterocycles. The molecule has 24 heavy (non-hydrogen) atoms. The minimum absolute atomic E-state index is 0.0194. The van der Waals surface area contributed by atoms with Crippen LogP contribution in [0.2, 0.25) is 0 Å². The van der Waals surface area contributed by atoms with Gasteiger partial charge in [-0.2, -0.15) is 0 Å². The highest BCUT2D eigenvalue weighted by Gasteiger charge is 2.19. The van der Waals surface area contributed by atoms with Crippen LogP contribution in [0.15, 0.2) is 54.6 Å². The Labute approximate surface area is 141 Å². The van der Waals surface area contributed by atoms with Crippen molar-refractivity contribution in [1.29, 1.82) is 0 Å². The Morgan fingerprint density at radius 1 is 1.08 bits per heavy atom. The van der Waals surface area contributed by atoms with Crippen molar-refractivity contribution in [3.05, 3.63) is 60.2 Å². The van der Waals surface area contributed by atoms with E-state index in [4.69, 9.17) is 4.74 Å². The summed E-state index contributed by atoms with van der Waals surface area (Å²) in [7, 11) is 0. The topological polar surface area (TPSA) is 58.6 Å². The van der Waals surface area contributed by atoms with E-state index in [1.807, 2.05) is 54.6 Å². The molecule has 0 saturated carbocycles. The van der Waals surface area contributed by atoms with Gasteiger partial charge in [-0.15, -0.1) is 0 Å². The number of morpholine rings is 1. The fourth-order valence-corrected chi connectivity index (χ4v) is 2.64. The number of ether oxygens (including phenoxy) is 1. The fourth-order valence-electron chi connectivity index (χ4n) is 2.64. The van der Waals surface area contributed by atoms with Crippen molar-refractivity contribution in [2.24, 2.45) is 0 Å². The van der Waals surface area contributed by atoms with Gasteiger partial charge in [-0.3, -0.25) is 9.59 Å². The number of anilines is 2. The summed E-state index contributed by atoms with van der Waals surface area (Å²) in [6.45, 7) is 1.23. The van der Waals surface area contributed by atoms with E-state index in [1.165, 1.54) is 0 Å². The summed E-state index contributed by atoms with van der Waals surface area (Å²) in [6.07, 6.45) is 1.15. The zero-order chi connectivity index (χ0) is 16.8. The highest BCUT2D eigenvalue weighted by Crippen LogP contribution is 2.19. The van der Waals surface area contributed by atoms with Gasteiger partial charge >= 0.3 is 0 Å². The number of carbonyl (C=O) groups excluding carboxylic acids is 2. The molecule has 1 aliphatic rings. The van der Waals surface area contributed by atoms with Gasteiger partial charge in [-0.1, -0.05) is 30.3 Å². The predicted octanol–water partition coefficient (Wildman–Crippen LogP) is 2.62. The molecule has 5 nitrogen and oxygen atoms in total. The average Bonchev–Trinajstić information content (AvgIpc) is 2.62. The van der Waals surface area contributed by atoms with Gasteiger partial charge in [-0.05, 0) is 36.2 Å². The standard InChI is InChI=1S/C19H20N2O3/c22-18(11-6-15-4-2-1-3-5-15)20-16-7-9-17(10-8-16)21-12-13-24-14-19(21)23/h1-5,7-10H,6,11-14H2,(H,20,22). The maximum atomic E-state index is 12.0. The van der Waals surface area contributed by atoms with Gasteiger partial charge in [-0.25, -0.2) is 0 Å². The van der Waals surface area contributed by atoms with E-state index < -0.39 is 0 Å². The third-order valence-electron chi connectivity index (χ3n) is 3.93. The summed E-state index contributed by atoms with van der Waals surface area (Å²) in [6, 6.07) is 17.3. The number of hydrogen-bond donors (Lipinski definition) is 1. The molecule has 5 heteroatoms. The van der Waals surface area contributed by atoms with Crippen molar-refractivity contribution >= 4 is 23.2 Å². The highest BCUT2D eigenvalue weighted by molar-refractivity contribution is 5.95. The number of rotatable bonds is 5. The first-order valence-corrected chi connectivity index (χ1v) is 8.04. The number of carbonyl (C=O) groups is 2. The van der Waals surface area contributed by atoms with Crippen LogP contribution in [0, 0.1) is 0 Å². The predicted molar refractivity (Wildman–Crippen MR) is 93.0 cm³/mol. The Hall–Kier alpha value is -2.66. The van der Waals surface area contributed by atoms with E-state index >= 15 is 0 Å². The molecular weight excluding hydrogens is 304 g/mol. The molecule has 3 rings (SSSR count). The maximum Gasteiger partial charge on any atom is 0.253 e. The van der Waals surface area contributed by atoms with E-state index in [0.717, 1.165) is 16.9 Å². The molecular formula is C19H20N2O3. The first kappa shape index (κ1) is 16.2. The lowest BCUT2D eigenvalue weighted by Gasteiger charge is -2.26. The SMILES string of the molecule is O=C(CCc1ccccc1)Nc1ccc(N2CCOCC2=O)cc1. The van der Waals surface area contributed by atoms with E-state index in [0.29, 0.717) is 26.0 Å². The van der Waals surface area contributed by atoms with E-state index in [9.17, 15) is 9.59 Å². The van der Waals surface area contributed by atoms with E-state index in [-0.39, 0.29) is 18.4 Å². The molecule has 0 atom stereocenters. The largest absolute Gasteiger partial charge is 0.370 e. The average molecular weight is 324 g/mol. The van der Waals surface area contributed by atoms with Crippen LogP contribution >= 0.6 is 0 Å². The molecule has 0 spiro atoms. The van der Waals surface area contributed by atoms with Crippen molar-refractivity contribution in [3.63, 3.8) is 0 Å². The van der Waals surface area contributed by atoms with Crippen molar-refractivity contribution in [3.8, 4) is 0 Å². The van der Waals surface area contributed by atoms with Gasteiger partial charge < -0.3 is 15.0 Å². The molecule has 0 unspecified atom stereocenters. The number of aryl methyl sites for hydroxylation is 1. The number of amides is 2. The van der Waals surface area contributed by atoms with Gasteiger partial charge in [0.15, 0.2) is 0 Å². The van der Waals surface area contributed by atoms with Crippen LogP contribution < -0.4 is 10.2 Å². The Balaban J connectivity index is 1.54. The van der Waals surface area contributed by atoms with Crippen LogP contribution in [0.5, 0.6) is 0 Å². The molecule has 0 aromatic heterocycles. The lowest BCUT2D eigenvalue weighted by molar-refractivity contribution is -0.125. The Kier molecular flexibility index (Phi) is 5.23. The summed E-state index contributed by atoms with van der Waals surface area (Å²) in [5.41, 5.74) is 2.71. The summed E-state index contributed by atoms with van der Waals surface area (Å²) in [5.74, 6) is -0.0602. The van der Waals surface area contributed by atoms with Crippen LogP contribution in [0.4, 0.5) is 11.4 Å². The van der Waals surface area contributed by atoms with Gasteiger partial charge in [0.25, 0.3) is 5.91 Å². The Bertz CT molecular complexity index is 698.